The van der Waals surface area contributed by atoms with Crippen molar-refractivity contribution in [1.29, 1.82) is 0 Å². The lowest BCUT2D eigenvalue weighted by Crippen LogP contribution is -2.38. The summed E-state index contributed by atoms with van der Waals surface area (Å²) in [5, 5.41) is 2.81. The highest BCUT2D eigenvalue weighted by Gasteiger charge is 2.13. The zero-order chi connectivity index (χ0) is 18.3. The standard InChI is InChI=1S/C16H27N5O3/c1-5-12(9-13(22)18-8-6-7-17)10-19-14-11(2)15(23)21(4)16(24)20(14)3/h10,12H,5-9,17H2,1-4H3,(H,18,22)/b19-10-. The van der Waals surface area contributed by atoms with E-state index in [9.17, 15) is 14.4 Å². The van der Waals surface area contributed by atoms with E-state index in [-0.39, 0.29) is 17.4 Å². The number of carbonyl (C=O) groups excluding carboxylic acids is 1. The van der Waals surface area contributed by atoms with Crippen LogP contribution in [0.25, 0.3) is 0 Å². The van der Waals surface area contributed by atoms with Gasteiger partial charge in [0.05, 0.1) is 5.56 Å². The number of aromatic nitrogens is 2. The minimum absolute atomic E-state index is 0.0589. The van der Waals surface area contributed by atoms with Crippen molar-refractivity contribution in [3.05, 3.63) is 26.4 Å². The molecule has 0 bridgehead atoms. The zero-order valence-electron chi connectivity index (χ0n) is 14.8. The topological polar surface area (TPSA) is 111 Å². The molecule has 0 radical (unpaired) electrons. The first-order valence-electron chi connectivity index (χ1n) is 8.11. The Morgan fingerprint density at radius 2 is 2.00 bits per heavy atom. The molecule has 0 saturated carbocycles. The minimum Gasteiger partial charge on any atom is -0.356 e. The largest absolute Gasteiger partial charge is 0.356 e. The maximum atomic E-state index is 12.0. The number of aliphatic imine (C=N–C) groups is 1. The van der Waals surface area contributed by atoms with Gasteiger partial charge in [-0.15, -0.1) is 0 Å². The number of carbonyl (C=O) groups is 1. The van der Waals surface area contributed by atoms with Crippen LogP contribution in [0.3, 0.4) is 0 Å². The summed E-state index contributed by atoms with van der Waals surface area (Å²) in [5.74, 6) is 0.197. The summed E-state index contributed by atoms with van der Waals surface area (Å²) >= 11 is 0. The molecule has 0 saturated heterocycles. The van der Waals surface area contributed by atoms with Crippen LogP contribution in [0, 0.1) is 12.8 Å². The van der Waals surface area contributed by atoms with Gasteiger partial charge in [-0.3, -0.25) is 18.7 Å². The Morgan fingerprint density at radius 1 is 1.33 bits per heavy atom. The third kappa shape index (κ3) is 4.89. The molecule has 1 amide bonds. The lowest BCUT2D eigenvalue weighted by atomic mass is 10.0. The van der Waals surface area contributed by atoms with Crippen LogP contribution in [0.4, 0.5) is 5.82 Å². The maximum absolute atomic E-state index is 12.0. The second-order valence-corrected chi connectivity index (χ2v) is 5.80. The van der Waals surface area contributed by atoms with Gasteiger partial charge in [0.15, 0.2) is 0 Å². The first-order chi connectivity index (χ1) is 11.3. The molecule has 0 fully saturated rings. The summed E-state index contributed by atoms with van der Waals surface area (Å²) in [6, 6.07) is 0. The van der Waals surface area contributed by atoms with E-state index in [1.165, 1.54) is 11.6 Å². The molecule has 1 unspecified atom stereocenters. The second kappa shape index (κ2) is 9.17. The van der Waals surface area contributed by atoms with Gasteiger partial charge in [-0.25, -0.2) is 9.79 Å². The predicted molar refractivity (Wildman–Crippen MR) is 94.9 cm³/mol. The molecule has 0 aliphatic heterocycles. The van der Waals surface area contributed by atoms with Gasteiger partial charge in [-0.2, -0.15) is 0 Å². The Bertz CT molecular complexity index is 680. The zero-order valence-corrected chi connectivity index (χ0v) is 14.8. The fourth-order valence-corrected chi connectivity index (χ4v) is 2.30. The number of amides is 1. The monoisotopic (exact) mass is 337 g/mol. The van der Waals surface area contributed by atoms with Gasteiger partial charge in [0.25, 0.3) is 5.56 Å². The van der Waals surface area contributed by atoms with Gasteiger partial charge in [-0.05, 0) is 26.3 Å². The van der Waals surface area contributed by atoms with Gasteiger partial charge < -0.3 is 11.1 Å². The Balaban J connectivity index is 2.92. The average Bonchev–Trinajstić information content (AvgIpc) is 2.57. The number of nitrogens with zero attached hydrogens (tertiary/aromatic N) is 3. The molecule has 1 heterocycles. The molecule has 8 heteroatoms. The molecule has 0 aliphatic carbocycles. The second-order valence-electron chi connectivity index (χ2n) is 5.80. The molecule has 3 N–H and O–H groups in total. The van der Waals surface area contributed by atoms with Crippen LogP contribution in [0.5, 0.6) is 0 Å². The van der Waals surface area contributed by atoms with E-state index in [1.54, 1.807) is 20.2 Å². The van der Waals surface area contributed by atoms with Crippen LogP contribution in [-0.4, -0.2) is 34.3 Å². The van der Waals surface area contributed by atoms with E-state index < -0.39 is 5.69 Å². The molecule has 0 spiro atoms. The Kier molecular flexibility index (Phi) is 7.57. The molecule has 1 aromatic heterocycles. The summed E-state index contributed by atoms with van der Waals surface area (Å²) in [4.78, 5) is 40.2. The quantitative estimate of drug-likeness (QED) is 0.513. The van der Waals surface area contributed by atoms with Crippen LogP contribution < -0.4 is 22.3 Å². The first kappa shape index (κ1) is 19.8. The van der Waals surface area contributed by atoms with Crippen LogP contribution in [0.15, 0.2) is 14.6 Å². The Labute approximate surface area is 141 Å². The highest BCUT2D eigenvalue weighted by Crippen LogP contribution is 2.13. The normalized spacial score (nSPS) is 12.5. The third-order valence-corrected chi connectivity index (χ3v) is 3.94. The van der Waals surface area contributed by atoms with E-state index in [4.69, 9.17) is 5.73 Å². The van der Waals surface area contributed by atoms with Crippen molar-refractivity contribution in [3.8, 4) is 0 Å². The van der Waals surface area contributed by atoms with Gasteiger partial charge >= 0.3 is 5.69 Å². The Hall–Kier alpha value is -2.22. The molecule has 1 rings (SSSR count). The van der Waals surface area contributed by atoms with Gasteiger partial charge in [0.1, 0.15) is 5.82 Å². The maximum Gasteiger partial charge on any atom is 0.332 e. The third-order valence-electron chi connectivity index (χ3n) is 3.94. The summed E-state index contributed by atoms with van der Waals surface area (Å²) in [6.45, 7) is 4.69. The summed E-state index contributed by atoms with van der Waals surface area (Å²) < 4.78 is 2.39. The minimum atomic E-state index is -0.426. The van der Waals surface area contributed by atoms with Crippen molar-refractivity contribution in [2.24, 2.45) is 30.7 Å². The number of rotatable bonds is 8. The number of hydrogen-bond donors (Lipinski definition) is 2. The van der Waals surface area contributed by atoms with E-state index in [1.807, 2.05) is 6.92 Å². The lowest BCUT2D eigenvalue weighted by molar-refractivity contribution is -0.121. The summed E-state index contributed by atoms with van der Waals surface area (Å²) in [7, 11) is 3.01. The Morgan fingerprint density at radius 3 is 2.58 bits per heavy atom. The van der Waals surface area contributed by atoms with Gasteiger partial charge in [-0.1, -0.05) is 6.92 Å². The molecule has 0 aliphatic rings. The van der Waals surface area contributed by atoms with Gasteiger partial charge in [0.2, 0.25) is 5.91 Å². The molecule has 8 nitrogen and oxygen atoms in total. The van der Waals surface area contributed by atoms with Crippen molar-refractivity contribution >= 4 is 17.9 Å². The fourth-order valence-electron chi connectivity index (χ4n) is 2.30. The SMILES string of the molecule is CCC(/C=N\c1c(C)c(=O)n(C)c(=O)n1C)CC(=O)NCCCN. The summed E-state index contributed by atoms with van der Waals surface area (Å²) in [5.41, 5.74) is 5.00. The van der Waals surface area contributed by atoms with Crippen LogP contribution in [-0.2, 0) is 18.9 Å². The summed E-state index contributed by atoms with van der Waals surface area (Å²) in [6.07, 6.45) is 3.42. The molecule has 1 atom stereocenters. The van der Waals surface area contributed by atoms with Gasteiger partial charge in [0, 0.05) is 39.2 Å². The lowest BCUT2D eigenvalue weighted by Gasteiger charge is -2.12. The highest BCUT2D eigenvalue weighted by molar-refractivity contribution is 5.80. The van der Waals surface area contributed by atoms with Crippen molar-refractivity contribution in [3.63, 3.8) is 0 Å². The van der Waals surface area contributed by atoms with E-state index in [2.05, 4.69) is 10.3 Å². The average molecular weight is 337 g/mol. The van der Waals surface area contributed by atoms with Crippen molar-refractivity contribution in [1.82, 2.24) is 14.5 Å². The molecule has 24 heavy (non-hydrogen) atoms. The highest BCUT2D eigenvalue weighted by atomic mass is 16.2. The van der Waals surface area contributed by atoms with Crippen LogP contribution in [0.2, 0.25) is 0 Å². The molecular formula is C16H27N5O3. The van der Waals surface area contributed by atoms with Crippen molar-refractivity contribution in [2.75, 3.05) is 13.1 Å². The molecule has 134 valence electrons. The molecule has 0 aromatic carbocycles. The van der Waals surface area contributed by atoms with E-state index >= 15 is 0 Å². The van der Waals surface area contributed by atoms with Crippen molar-refractivity contribution < 1.29 is 4.79 Å². The predicted octanol–water partition coefficient (Wildman–Crippen LogP) is -0.0240. The smallest absolute Gasteiger partial charge is 0.332 e. The number of nitrogens with two attached hydrogens (primary N) is 1. The molecule has 1 aromatic rings. The van der Waals surface area contributed by atoms with Crippen molar-refractivity contribution in [2.45, 2.75) is 33.1 Å². The number of hydrogen-bond acceptors (Lipinski definition) is 5. The molecular weight excluding hydrogens is 310 g/mol. The number of nitrogens with one attached hydrogen (secondary N) is 1. The first-order valence-corrected chi connectivity index (χ1v) is 8.11. The van der Waals surface area contributed by atoms with E-state index in [0.717, 1.165) is 17.4 Å². The van der Waals surface area contributed by atoms with Crippen LogP contribution >= 0.6 is 0 Å². The van der Waals surface area contributed by atoms with E-state index in [0.29, 0.717) is 30.9 Å². The van der Waals surface area contributed by atoms with Crippen LogP contribution in [0.1, 0.15) is 31.7 Å². The fraction of sp³-hybridized carbons (Fsp3) is 0.625.